The third-order valence-corrected chi connectivity index (χ3v) is 4.32. The van der Waals surface area contributed by atoms with Crippen LogP contribution in [0.1, 0.15) is 52.0 Å². The Kier molecular flexibility index (Phi) is 5.02. The Labute approximate surface area is 133 Å². The Bertz CT molecular complexity index is 679. The van der Waals surface area contributed by atoms with Crippen LogP contribution in [-0.2, 0) is 12.8 Å². The predicted octanol–water partition coefficient (Wildman–Crippen LogP) is 4.99. The predicted molar refractivity (Wildman–Crippen MR) is 93.8 cm³/mol. The maximum atomic E-state index is 12.7. The van der Waals surface area contributed by atoms with E-state index in [1.807, 2.05) is 19.9 Å². The van der Waals surface area contributed by atoms with Gasteiger partial charge in [0, 0.05) is 11.3 Å². The van der Waals surface area contributed by atoms with Gasteiger partial charge in [0.25, 0.3) is 5.91 Å². The topological polar surface area (TPSA) is 29.1 Å². The molecule has 2 nitrogen and oxygen atoms in total. The number of benzene rings is 2. The largest absolute Gasteiger partial charge is 0.321 e. The van der Waals surface area contributed by atoms with E-state index >= 15 is 0 Å². The van der Waals surface area contributed by atoms with Crippen molar-refractivity contribution in [1.82, 2.24) is 0 Å². The Hall–Kier alpha value is -2.09. The molecule has 2 aromatic carbocycles. The summed E-state index contributed by atoms with van der Waals surface area (Å²) in [6.45, 7) is 10.3. The van der Waals surface area contributed by atoms with E-state index in [2.05, 4.69) is 50.4 Å². The van der Waals surface area contributed by atoms with E-state index in [4.69, 9.17) is 0 Å². The van der Waals surface area contributed by atoms with Crippen LogP contribution in [0.15, 0.2) is 30.3 Å². The molecule has 1 amide bonds. The highest BCUT2D eigenvalue weighted by Crippen LogP contribution is 2.24. The Morgan fingerprint density at radius 1 is 0.909 bits per heavy atom. The monoisotopic (exact) mass is 295 g/mol. The summed E-state index contributed by atoms with van der Waals surface area (Å²) in [7, 11) is 0. The molecule has 0 saturated heterocycles. The Morgan fingerprint density at radius 2 is 1.45 bits per heavy atom. The van der Waals surface area contributed by atoms with Crippen LogP contribution in [-0.4, -0.2) is 5.91 Å². The quantitative estimate of drug-likeness (QED) is 0.846. The van der Waals surface area contributed by atoms with Crippen LogP contribution >= 0.6 is 0 Å². The second kappa shape index (κ2) is 6.78. The zero-order valence-electron chi connectivity index (χ0n) is 14.2. The first-order valence-corrected chi connectivity index (χ1v) is 7.97. The molecule has 0 aromatic heterocycles. The molecule has 0 aliphatic carbocycles. The van der Waals surface area contributed by atoms with Gasteiger partial charge < -0.3 is 5.32 Å². The van der Waals surface area contributed by atoms with Crippen molar-refractivity contribution in [2.24, 2.45) is 0 Å². The molecule has 0 heterocycles. The first-order chi connectivity index (χ1) is 10.5. The number of carbonyl (C=O) groups is 1. The third kappa shape index (κ3) is 3.22. The van der Waals surface area contributed by atoms with Gasteiger partial charge in [-0.05, 0) is 67.5 Å². The van der Waals surface area contributed by atoms with Crippen molar-refractivity contribution in [3.63, 3.8) is 0 Å². The van der Waals surface area contributed by atoms with Crippen molar-refractivity contribution in [2.45, 2.75) is 47.5 Å². The number of anilines is 1. The summed E-state index contributed by atoms with van der Waals surface area (Å²) in [6.07, 6.45) is 1.82. The zero-order valence-corrected chi connectivity index (χ0v) is 14.2. The van der Waals surface area contributed by atoms with Gasteiger partial charge in [-0.3, -0.25) is 4.79 Å². The number of para-hydroxylation sites is 1. The highest BCUT2D eigenvalue weighted by Gasteiger charge is 2.14. The Balaban J connectivity index is 2.40. The van der Waals surface area contributed by atoms with E-state index in [-0.39, 0.29) is 5.91 Å². The number of hydrogen-bond donors (Lipinski definition) is 1. The van der Waals surface area contributed by atoms with Crippen LogP contribution in [0.25, 0.3) is 0 Å². The highest BCUT2D eigenvalue weighted by atomic mass is 16.1. The molecule has 0 saturated carbocycles. The minimum absolute atomic E-state index is 0.0174. The second-order valence-electron chi connectivity index (χ2n) is 5.86. The number of aryl methyl sites for hydroxylation is 5. The minimum Gasteiger partial charge on any atom is -0.321 e. The number of rotatable bonds is 4. The normalized spacial score (nSPS) is 10.6. The van der Waals surface area contributed by atoms with Crippen molar-refractivity contribution in [3.05, 3.63) is 63.7 Å². The summed E-state index contributed by atoms with van der Waals surface area (Å²) in [5.74, 6) is -0.0174. The molecule has 2 rings (SSSR count). The molecular formula is C20H25NO. The molecule has 22 heavy (non-hydrogen) atoms. The standard InChI is InChI=1S/C20H25NO/c1-6-16-9-8-10-17(7-2)19(16)21-20(22)18-12-14(4)13(3)11-15(18)5/h8-12H,6-7H2,1-5H3,(H,21,22). The van der Waals surface area contributed by atoms with Crippen molar-refractivity contribution in [2.75, 3.05) is 5.32 Å². The SMILES string of the molecule is CCc1cccc(CC)c1NC(=O)c1cc(C)c(C)cc1C. The minimum atomic E-state index is -0.0174. The summed E-state index contributed by atoms with van der Waals surface area (Å²) >= 11 is 0. The molecule has 0 aliphatic rings. The average molecular weight is 295 g/mol. The molecule has 0 fully saturated rings. The van der Waals surface area contributed by atoms with Crippen molar-refractivity contribution in [1.29, 1.82) is 0 Å². The number of carbonyl (C=O) groups excluding carboxylic acids is 1. The van der Waals surface area contributed by atoms with Gasteiger partial charge in [0.15, 0.2) is 0 Å². The van der Waals surface area contributed by atoms with E-state index in [0.717, 1.165) is 35.2 Å². The molecular weight excluding hydrogens is 270 g/mol. The lowest BCUT2D eigenvalue weighted by molar-refractivity contribution is 0.102. The lowest BCUT2D eigenvalue weighted by Gasteiger charge is -2.16. The van der Waals surface area contributed by atoms with Crippen LogP contribution in [0.4, 0.5) is 5.69 Å². The van der Waals surface area contributed by atoms with Crippen LogP contribution in [0.2, 0.25) is 0 Å². The van der Waals surface area contributed by atoms with E-state index in [1.54, 1.807) is 0 Å². The van der Waals surface area contributed by atoms with E-state index in [9.17, 15) is 4.79 Å². The molecule has 0 unspecified atom stereocenters. The van der Waals surface area contributed by atoms with Gasteiger partial charge in [-0.2, -0.15) is 0 Å². The van der Waals surface area contributed by atoms with Crippen molar-refractivity contribution >= 4 is 11.6 Å². The smallest absolute Gasteiger partial charge is 0.255 e. The fraction of sp³-hybridized carbons (Fsp3) is 0.350. The zero-order chi connectivity index (χ0) is 16.3. The number of hydrogen-bond acceptors (Lipinski definition) is 1. The number of amides is 1. The molecule has 0 atom stereocenters. The van der Waals surface area contributed by atoms with Crippen LogP contribution < -0.4 is 5.32 Å². The van der Waals surface area contributed by atoms with Gasteiger partial charge in [-0.25, -0.2) is 0 Å². The highest BCUT2D eigenvalue weighted by molar-refractivity contribution is 6.06. The van der Waals surface area contributed by atoms with Gasteiger partial charge in [-0.1, -0.05) is 38.1 Å². The lowest BCUT2D eigenvalue weighted by Crippen LogP contribution is -2.16. The molecule has 0 aliphatic heterocycles. The molecule has 2 heteroatoms. The number of nitrogens with one attached hydrogen (secondary N) is 1. The summed E-state index contributed by atoms with van der Waals surface area (Å²) in [6, 6.07) is 10.3. The molecule has 2 aromatic rings. The third-order valence-electron chi connectivity index (χ3n) is 4.32. The maximum Gasteiger partial charge on any atom is 0.255 e. The van der Waals surface area contributed by atoms with Gasteiger partial charge in [0.05, 0.1) is 0 Å². The van der Waals surface area contributed by atoms with Crippen molar-refractivity contribution in [3.8, 4) is 0 Å². The fourth-order valence-electron chi connectivity index (χ4n) is 2.79. The lowest BCUT2D eigenvalue weighted by atomic mass is 9.99. The maximum absolute atomic E-state index is 12.7. The summed E-state index contributed by atoms with van der Waals surface area (Å²) < 4.78 is 0. The summed E-state index contributed by atoms with van der Waals surface area (Å²) in [5, 5.41) is 3.15. The van der Waals surface area contributed by atoms with Gasteiger partial charge in [0.1, 0.15) is 0 Å². The summed E-state index contributed by atoms with van der Waals surface area (Å²) in [4.78, 5) is 12.7. The van der Waals surface area contributed by atoms with Gasteiger partial charge in [-0.15, -0.1) is 0 Å². The van der Waals surface area contributed by atoms with Crippen LogP contribution in [0, 0.1) is 20.8 Å². The van der Waals surface area contributed by atoms with E-state index in [0.29, 0.717) is 0 Å². The second-order valence-corrected chi connectivity index (χ2v) is 5.86. The molecule has 1 N–H and O–H groups in total. The molecule has 0 bridgehead atoms. The van der Waals surface area contributed by atoms with Crippen LogP contribution in [0.3, 0.4) is 0 Å². The summed E-state index contributed by atoms with van der Waals surface area (Å²) in [5.41, 5.74) is 7.51. The Morgan fingerprint density at radius 3 is 2.00 bits per heavy atom. The van der Waals surface area contributed by atoms with Crippen LogP contribution in [0.5, 0.6) is 0 Å². The van der Waals surface area contributed by atoms with Gasteiger partial charge >= 0.3 is 0 Å². The van der Waals surface area contributed by atoms with E-state index < -0.39 is 0 Å². The molecule has 0 spiro atoms. The van der Waals surface area contributed by atoms with Gasteiger partial charge in [0.2, 0.25) is 0 Å². The van der Waals surface area contributed by atoms with Crippen molar-refractivity contribution < 1.29 is 4.79 Å². The first kappa shape index (κ1) is 16.3. The average Bonchev–Trinajstić information content (AvgIpc) is 2.50. The van der Waals surface area contributed by atoms with E-state index in [1.165, 1.54) is 16.7 Å². The first-order valence-electron chi connectivity index (χ1n) is 7.97. The molecule has 0 radical (unpaired) electrons. The fourth-order valence-corrected chi connectivity index (χ4v) is 2.79. The molecule has 116 valence electrons.